The van der Waals surface area contributed by atoms with Crippen molar-refractivity contribution in [2.24, 2.45) is 5.92 Å². The van der Waals surface area contributed by atoms with Gasteiger partial charge in [-0.25, -0.2) is 0 Å². The molecular weight excluding hydrogens is 328 g/mol. The minimum atomic E-state index is -0.0639. The molecular formula is C20H22N4O2. The lowest BCUT2D eigenvalue weighted by molar-refractivity contribution is -0.119. The first-order valence-electron chi connectivity index (χ1n) is 8.99. The van der Waals surface area contributed by atoms with Crippen LogP contribution in [-0.2, 0) is 11.3 Å². The van der Waals surface area contributed by atoms with E-state index in [0.717, 1.165) is 34.3 Å². The molecule has 2 aromatic heterocycles. The standard InChI is InChI=1S/C20H22N4O2/c1-3-24-12-16(11-23-24)14-7-18-17(5-4-6-21-18)19(8-14)26-13(2)15-9-20(25)22-10-15/h4-8,11-13,15H,3,9-10H2,1-2H3,(H,22,25)/t13-,15?/m1/s1. The average Bonchev–Trinajstić information content (AvgIpc) is 3.30. The van der Waals surface area contributed by atoms with E-state index in [2.05, 4.69) is 28.4 Å². The Kier molecular flexibility index (Phi) is 4.32. The molecule has 0 radical (unpaired) electrons. The zero-order valence-electron chi connectivity index (χ0n) is 15.0. The van der Waals surface area contributed by atoms with Crippen LogP contribution < -0.4 is 10.1 Å². The molecule has 2 atom stereocenters. The quantitative estimate of drug-likeness (QED) is 0.768. The van der Waals surface area contributed by atoms with Gasteiger partial charge in [0.1, 0.15) is 11.9 Å². The summed E-state index contributed by atoms with van der Waals surface area (Å²) in [4.78, 5) is 16.0. The number of fused-ring (bicyclic) bond motifs is 1. The molecule has 6 nitrogen and oxygen atoms in total. The number of carbonyl (C=O) groups excluding carboxylic acids is 1. The minimum Gasteiger partial charge on any atom is -0.490 e. The minimum absolute atomic E-state index is 0.0639. The van der Waals surface area contributed by atoms with E-state index in [1.165, 1.54) is 0 Å². The second kappa shape index (κ2) is 6.78. The number of aryl methyl sites for hydroxylation is 1. The Balaban J connectivity index is 1.71. The van der Waals surface area contributed by atoms with Crippen molar-refractivity contribution in [2.75, 3.05) is 6.54 Å². The summed E-state index contributed by atoms with van der Waals surface area (Å²) < 4.78 is 8.20. The lowest BCUT2D eigenvalue weighted by atomic mass is 10.0. The third-order valence-electron chi connectivity index (χ3n) is 4.96. The highest BCUT2D eigenvalue weighted by molar-refractivity contribution is 5.90. The first-order chi connectivity index (χ1) is 12.6. The molecule has 3 heterocycles. The fraction of sp³-hybridized carbons (Fsp3) is 0.350. The maximum atomic E-state index is 11.5. The molecule has 0 bridgehead atoms. The Labute approximate surface area is 152 Å². The van der Waals surface area contributed by atoms with Crippen LogP contribution in [0.3, 0.4) is 0 Å². The van der Waals surface area contributed by atoms with Crippen LogP contribution in [0.25, 0.3) is 22.0 Å². The van der Waals surface area contributed by atoms with Crippen LogP contribution in [-0.4, -0.2) is 33.3 Å². The summed E-state index contributed by atoms with van der Waals surface area (Å²) in [5, 5.41) is 8.22. The Hall–Kier alpha value is -2.89. The zero-order chi connectivity index (χ0) is 18.1. The van der Waals surface area contributed by atoms with Crippen LogP contribution in [0.5, 0.6) is 5.75 Å². The molecule has 134 valence electrons. The Morgan fingerprint density at radius 2 is 2.27 bits per heavy atom. The van der Waals surface area contributed by atoms with Gasteiger partial charge in [-0.15, -0.1) is 0 Å². The van der Waals surface area contributed by atoms with Crippen molar-refractivity contribution in [1.82, 2.24) is 20.1 Å². The summed E-state index contributed by atoms with van der Waals surface area (Å²) in [6, 6.07) is 8.03. The number of rotatable bonds is 5. The molecule has 0 aliphatic carbocycles. The Bertz CT molecular complexity index is 950. The van der Waals surface area contributed by atoms with Gasteiger partial charge in [-0.05, 0) is 43.7 Å². The van der Waals surface area contributed by atoms with Crippen molar-refractivity contribution >= 4 is 16.8 Å². The first kappa shape index (κ1) is 16.6. The molecule has 0 saturated carbocycles. The molecule has 6 heteroatoms. The lowest BCUT2D eigenvalue weighted by Gasteiger charge is -2.21. The van der Waals surface area contributed by atoms with E-state index in [1.807, 2.05) is 42.2 Å². The molecule has 1 unspecified atom stereocenters. The number of nitrogens with one attached hydrogen (secondary N) is 1. The third kappa shape index (κ3) is 3.14. The fourth-order valence-corrected chi connectivity index (χ4v) is 3.35. The molecule has 4 rings (SSSR count). The fourth-order valence-electron chi connectivity index (χ4n) is 3.35. The van der Waals surface area contributed by atoms with Gasteiger partial charge in [-0.1, -0.05) is 0 Å². The van der Waals surface area contributed by atoms with Crippen LogP contribution in [0.1, 0.15) is 20.3 Å². The zero-order valence-corrected chi connectivity index (χ0v) is 15.0. The van der Waals surface area contributed by atoms with Gasteiger partial charge in [0.2, 0.25) is 5.91 Å². The predicted octanol–water partition coefficient (Wildman–Crippen LogP) is 3.02. The number of amides is 1. The lowest BCUT2D eigenvalue weighted by Crippen LogP contribution is -2.25. The number of nitrogens with zero attached hydrogens (tertiary/aromatic N) is 3. The SMILES string of the molecule is CCn1cc(-c2cc(O[C@H](C)C3CNC(=O)C3)c3cccnc3c2)cn1. The predicted molar refractivity (Wildman–Crippen MR) is 99.8 cm³/mol. The van der Waals surface area contributed by atoms with Crippen LogP contribution >= 0.6 is 0 Å². The van der Waals surface area contributed by atoms with E-state index in [9.17, 15) is 4.79 Å². The van der Waals surface area contributed by atoms with Gasteiger partial charge < -0.3 is 10.1 Å². The monoisotopic (exact) mass is 350 g/mol. The largest absolute Gasteiger partial charge is 0.490 e. The average molecular weight is 350 g/mol. The van der Waals surface area contributed by atoms with Crippen molar-refractivity contribution in [3.63, 3.8) is 0 Å². The van der Waals surface area contributed by atoms with Gasteiger partial charge in [-0.3, -0.25) is 14.5 Å². The molecule has 1 aliphatic rings. The van der Waals surface area contributed by atoms with E-state index in [-0.39, 0.29) is 17.9 Å². The van der Waals surface area contributed by atoms with Crippen LogP contribution in [0, 0.1) is 5.92 Å². The maximum Gasteiger partial charge on any atom is 0.220 e. The molecule has 26 heavy (non-hydrogen) atoms. The summed E-state index contributed by atoms with van der Waals surface area (Å²) in [7, 11) is 0. The van der Waals surface area contributed by atoms with E-state index >= 15 is 0 Å². The van der Waals surface area contributed by atoms with Crippen LogP contribution in [0.4, 0.5) is 0 Å². The van der Waals surface area contributed by atoms with Crippen molar-refractivity contribution in [1.29, 1.82) is 0 Å². The Morgan fingerprint density at radius 3 is 3.00 bits per heavy atom. The second-order valence-electron chi connectivity index (χ2n) is 6.72. The molecule has 1 aromatic carbocycles. The summed E-state index contributed by atoms with van der Waals surface area (Å²) in [6.45, 7) is 5.58. The van der Waals surface area contributed by atoms with Crippen molar-refractivity contribution in [3.05, 3.63) is 42.9 Å². The van der Waals surface area contributed by atoms with E-state index in [4.69, 9.17) is 4.74 Å². The summed E-state index contributed by atoms with van der Waals surface area (Å²) in [5.74, 6) is 1.07. The number of ether oxygens (including phenoxy) is 1. The topological polar surface area (TPSA) is 69.0 Å². The summed E-state index contributed by atoms with van der Waals surface area (Å²) >= 11 is 0. The van der Waals surface area contributed by atoms with Gasteiger partial charge in [0.25, 0.3) is 0 Å². The van der Waals surface area contributed by atoms with Gasteiger partial charge in [0, 0.05) is 48.8 Å². The highest BCUT2D eigenvalue weighted by atomic mass is 16.5. The van der Waals surface area contributed by atoms with Gasteiger partial charge in [0.15, 0.2) is 0 Å². The molecule has 3 aromatic rings. The normalized spacial score (nSPS) is 18.1. The molecule has 1 fully saturated rings. The molecule has 0 spiro atoms. The van der Waals surface area contributed by atoms with Gasteiger partial charge in [-0.2, -0.15) is 5.10 Å². The number of benzene rings is 1. The maximum absolute atomic E-state index is 11.5. The summed E-state index contributed by atoms with van der Waals surface area (Å²) in [6.07, 6.45) is 6.12. The number of carbonyl (C=O) groups is 1. The smallest absolute Gasteiger partial charge is 0.220 e. The molecule has 1 aliphatic heterocycles. The third-order valence-corrected chi connectivity index (χ3v) is 4.96. The second-order valence-corrected chi connectivity index (χ2v) is 6.72. The number of hydrogen-bond acceptors (Lipinski definition) is 4. The number of hydrogen-bond donors (Lipinski definition) is 1. The van der Waals surface area contributed by atoms with Crippen molar-refractivity contribution in [3.8, 4) is 16.9 Å². The molecule has 1 amide bonds. The molecule has 1 N–H and O–H groups in total. The van der Waals surface area contributed by atoms with Crippen molar-refractivity contribution in [2.45, 2.75) is 32.9 Å². The number of aromatic nitrogens is 3. The highest BCUT2D eigenvalue weighted by Gasteiger charge is 2.28. The van der Waals surface area contributed by atoms with E-state index in [0.29, 0.717) is 13.0 Å². The number of pyridine rings is 1. The van der Waals surface area contributed by atoms with Gasteiger partial charge in [0.05, 0.1) is 11.7 Å². The van der Waals surface area contributed by atoms with E-state index < -0.39 is 0 Å². The van der Waals surface area contributed by atoms with Crippen molar-refractivity contribution < 1.29 is 9.53 Å². The Morgan fingerprint density at radius 1 is 1.38 bits per heavy atom. The summed E-state index contributed by atoms with van der Waals surface area (Å²) in [5.41, 5.74) is 2.95. The van der Waals surface area contributed by atoms with Crippen LogP contribution in [0.15, 0.2) is 42.9 Å². The van der Waals surface area contributed by atoms with Gasteiger partial charge >= 0.3 is 0 Å². The van der Waals surface area contributed by atoms with E-state index in [1.54, 1.807) is 6.20 Å². The first-order valence-corrected chi connectivity index (χ1v) is 8.99. The van der Waals surface area contributed by atoms with Crippen LogP contribution in [0.2, 0.25) is 0 Å². The molecule has 1 saturated heterocycles. The highest BCUT2D eigenvalue weighted by Crippen LogP contribution is 2.33.